The number of nitrogens with one attached hydrogen (secondary N) is 2. The van der Waals surface area contributed by atoms with Crippen molar-refractivity contribution in [3.8, 4) is 17.0 Å². The Hall–Kier alpha value is -3.12. The van der Waals surface area contributed by atoms with Gasteiger partial charge in [0.1, 0.15) is 5.75 Å². The fourth-order valence-corrected chi connectivity index (χ4v) is 2.32. The summed E-state index contributed by atoms with van der Waals surface area (Å²) in [5.41, 5.74) is 2.93. The molecule has 0 fully saturated rings. The van der Waals surface area contributed by atoms with Crippen LogP contribution in [0.2, 0.25) is 0 Å². The van der Waals surface area contributed by atoms with E-state index in [4.69, 9.17) is 4.74 Å². The Labute approximate surface area is 139 Å². The van der Waals surface area contributed by atoms with E-state index in [2.05, 4.69) is 15.5 Å². The topological polar surface area (TPSA) is 87.2 Å². The van der Waals surface area contributed by atoms with E-state index in [9.17, 15) is 9.90 Å². The number of aliphatic hydroxyl groups is 1. The highest BCUT2D eigenvalue weighted by Gasteiger charge is 2.18. The highest BCUT2D eigenvalue weighted by atomic mass is 16.5. The van der Waals surface area contributed by atoms with Crippen molar-refractivity contribution < 1.29 is 14.6 Å². The van der Waals surface area contributed by atoms with Crippen molar-refractivity contribution in [3.63, 3.8) is 0 Å². The molecule has 3 rings (SSSR count). The molecule has 0 aliphatic rings. The van der Waals surface area contributed by atoms with Crippen molar-refractivity contribution in [3.05, 3.63) is 66.4 Å². The maximum atomic E-state index is 12.2. The van der Waals surface area contributed by atoms with Crippen LogP contribution in [0.25, 0.3) is 11.3 Å². The second kappa shape index (κ2) is 6.97. The summed E-state index contributed by atoms with van der Waals surface area (Å²) in [6.07, 6.45) is 0.405. The van der Waals surface area contributed by atoms with Crippen molar-refractivity contribution >= 4 is 11.6 Å². The summed E-state index contributed by atoms with van der Waals surface area (Å²) >= 11 is 0. The quantitative estimate of drug-likeness (QED) is 0.674. The SMILES string of the molecule is COc1cccc(C(O)C(=O)Nc2ccc(-c3ccn[nH]3)cc2)c1. The molecule has 0 spiro atoms. The molecule has 3 aromatic rings. The van der Waals surface area contributed by atoms with Crippen LogP contribution in [-0.4, -0.2) is 28.3 Å². The summed E-state index contributed by atoms with van der Waals surface area (Å²) in [7, 11) is 1.53. The molecule has 1 atom stereocenters. The monoisotopic (exact) mass is 323 g/mol. The van der Waals surface area contributed by atoms with Gasteiger partial charge in [0.05, 0.1) is 12.8 Å². The van der Waals surface area contributed by atoms with Gasteiger partial charge in [-0.1, -0.05) is 24.3 Å². The predicted octanol–water partition coefficient (Wildman–Crippen LogP) is 2.76. The molecule has 2 aromatic carbocycles. The van der Waals surface area contributed by atoms with E-state index in [1.165, 1.54) is 7.11 Å². The number of anilines is 1. The number of hydrogen-bond donors (Lipinski definition) is 3. The lowest BCUT2D eigenvalue weighted by molar-refractivity contribution is -0.124. The van der Waals surface area contributed by atoms with Crippen LogP contribution in [0.4, 0.5) is 5.69 Å². The minimum absolute atomic E-state index is 0.473. The van der Waals surface area contributed by atoms with Crippen LogP contribution in [0.1, 0.15) is 11.7 Å². The normalized spacial score (nSPS) is 11.8. The maximum absolute atomic E-state index is 12.2. The summed E-state index contributed by atoms with van der Waals surface area (Å²) in [5.74, 6) is 0.0841. The Morgan fingerprint density at radius 1 is 1.21 bits per heavy atom. The first kappa shape index (κ1) is 15.8. The van der Waals surface area contributed by atoms with Crippen molar-refractivity contribution in [1.29, 1.82) is 0 Å². The van der Waals surface area contributed by atoms with E-state index < -0.39 is 12.0 Å². The molecule has 24 heavy (non-hydrogen) atoms. The fourth-order valence-electron chi connectivity index (χ4n) is 2.32. The highest BCUT2D eigenvalue weighted by Crippen LogP contribution is 2.22. The summed E-state index contributed by atoms with van der Waals surface area (Å²) in [6, 6.07) is 15.9. The lowest BCUT2D eigenvalue weighted by Gasteiger charge is -2.13. The number of nitrogens with zero attached hydrogens (tertiary/aromatic N) is 1. The summed E-state index contributed by atoms with van der Waals surface area (Å²) in [4.78, 5) is 12.2. The second-order valence-corrected chi connectivity index (χ2v) is 5.22. The summed E-state index contributed by atoms with van der Waals surface area (Å²) in [6.45, 7) is 0. The van der Waals surface area contributed by atoms with Gasteiger partial charge in [0.25, 0.3) is 5.91 Å². The Balaban J connectivity index is 1.69. The molecule has 1 aromatic heterocycles. The number of aromatic amines is 1. The number of ether oxygens (including phenoxy) is 1. The molecular formula is C18H17N3O3. The van der Waals surface area contributed by atoms with Crippen LogP contribution < -0.4 is 10.1 Å². The zero-order valence-corrected chi connectivity index (χ0v) is 13.1. The molecule has 0 radical (unpaired) electrons. The van der Waals surface area contributed by atoms with Crippen LogP contribution in [0.3, 0.4) is 0 Å². The van der Waals surface area contributed by atoms with Crippen LogP contribution >= 0.6 is 0 Å². The van der Waals surface area contributed by atoms with Gasteiger partial charge in [-0.05, 0) is 41.5 Å². The first-order chi connectivity index (χ1) is 11.7. The average molecular weight is 323 g/mol. The third kappa shape index (κ3) is 3.44. The number of aliphatic hydroxyl groups excluding tert-OH is 1. The van der Waals surface area contributed by atoms with Crippen LogP contribution in [0.15, 0.2) is 60.8 Å². The minimum atomic E-state index is -1.27. The molecule has 0 aliphatic heterocycles. The van der Waals surface area contributed by atoms with Crippen molar-refractivity contribution in [1.82, 2.24) is 10.2 Å². The van der Waals surface area contributed by atoms with Crippen LogP contribution in [0.5, 0.6) is 5.75 Å². The standard InChI is InChI=1S/C18H17N3O3/c1-24-15-4-2-3-13(11-15)17(22)18(23)20-14-7-5-12(6-8-14)16-9-10-19-21-16/h2-11,17,22H,1H3,(H,19,21)(H,20,23). The molecule has 0 aliphatic carbocycles. The summed E-state index contributed by atoms with van der Waals surface area (Å²) < 4.78 is 5.10. The van der Waals surface area contributed by atoms with Gasteiger partial charge in [0.15, 0.2) is 6.10 Å². The van der Waals surface area contributed by atoms with E-state index in [1.807, 2.05) is 18.2 Å². The average Bonchev–Trinajstić information content (AvgIpc) is 3.16. The number of rotatable bonds is 5. The molecule has 0 saturated carbocycles. The Morgan fingerprint density at radius 2 is 2.00 bits per heavy atom. The fraction of sp³-hybridized carbons (Fsp3) is 0.111. The molecule has 3 N–H and O–H groups in total. The third-order valence-electron chi connectivity index (χ3n) is 3.62. The minimum Gasteiger partial charge on any atom is -0.497 e. The van der Waals surface area contributed by atoms with Crippen molar-refractivity contribution in [2.45, 2.75) is 6.10 Å². The number of carbonyl (C=O) groups is 1. The smallest absolute Gasteiger partial charge is 0.257 e. The lowest BCUT2D eigenvalue weighted by Crippen LogP contribution is -2.20. The van der Waals surface area contributed by atoms with Gasteiger partial charge in [0, 0.05) is 11.9 Å². The van der Waals surface area contributed by atoms with Gasteiger partial charge in [0.2, 0.25) is 0 Å². The molecule has 1 heterocycles. The van der Waals surface area contributed by atoms with E-state index >= 15 is 0 Å². The number of carbonyl (C=O) groups excluding carboxylic acids is 1. The molecule has 0 saturated heterocycles. The second-order valence-electron chi connectivity index (χ2n) is 5.22. The highest BCUT2D eigenvalue weighted by molar-refractivity contribution is 5.94. The van der Waals surface area contributed by atoms with E-state index in [0.29, 0.717) is 17.0 Å². The van der Waals surface area contributed by atoms with Gasteiger partial charge < -0.3 is 15.2 Å². The number of H-pyrrole nitrogens is 1. The molecule has 6 nitrogen and oxygen atoms in total. The first-order valence-electron chi connectivity index (χ1n) is 7.40. The Morgan fingerprint density at radius 3 is 2.67 bits per heavy atom. The van der Waals surface area contributed by atoms with Crippen molar-refractivity contribution in [2.75, 3.05) is 12.4 Å². The molecule has 6 heteroatoms. The number of benzene rings is 2. The van der Waals surface area contributed by atoms with Gasteiger partial charge >= 0.3 is 0 Å². The molecule has 1 amide bonds. The third-order valence-corrected chi connectivity index (χ3v) is 3.62. The zero-order chi connectivity index (χ0) is 16.9. The van der Waals surface area contributed by atoms with Crippen LogP contribution in [0, 0.1) is 0 Å². The predicted molar refractivity (Wildman–Crippen MR) is 90.6 cm³/mol. The van der Waals surface area contributed by atoms with Gasteiger partial charge in [-0.3, -0.25) is 9.89 Å². The molecular weight excluding hydrogens is 306 g/mol. The van der Waals surface area contributed by atoms with Gasteiger partial charge in [-0.2, -0.15) is 5.10 Å². The number of amides is 1. The Kier molecular flexibility index (Phi) is 4.58. The number of hydrogen-bond acceptors (Lipinski definition) is 4. The van der Waals surface area contributed by atoms with E-state index in [1.54, 1.807) is 42.6 Å². The zero-order valence-electron chi connectivity index (χ0n) is 13.1. The molecule has 1 unspecified atom stereocenters. The van der Waals surface area contributed by atoms with Gasteiger partial charge in [-0.25, -0.2) is 0 Å². The first-order valence-corrected chi connectivity index (χ1v) is 7.40. The number of methoxy groups -OCH3 is 1. The summed E-state index contributed by atoms with van der Waals surface area (Å²) in [5, 5.41) is 19.7. The molecule has 0 bridgehead atoms. The lowest BCUT2D eigenvalue weighted by atomic mass is 10.1. The van der Waals surface area contributed by atoms with Crippen LogP contribution in [-0.2, 0) is 4.79 Å². The van der Waals surface area contributed by atoms with Gasteiger partial charge in [-0.15, -0.1) is 0 Å². The van der Waals surface area contributed by atoms with E-state index in [0.717, 1.165) is 11.3 Å². The Bertz CT molecular complexity index is 814. The van der Waals surface area contributed by atoms with E-state index in [-0.39, 0.29) is 0 Å². The largest absolute Gasteiger partial charge is 0.497 e. The van der Waals surface area contributed by atoms with Crippen molar-refractivity contribution in [2.24, 2.45) is 0 Å². The maximum Gasteiger partial charge on any atom is 0.257 e. The molecule has 122 valence electrons. The number of aromatic nitrogens is 2.